The van der Waals surface area contributed by atoms with Crippen LogP contribution in [0.2, 0.25) is 5.02 Å². The van der Waals surface area contributed by atoms with Crippen molar-refractivity contribution in [2.24, 2.45) is 0 Å². The molecule has 1 saturated heterocycles. The van der Waals surface area contributed by atoms with Crippen LogP contribution in [0.25, 0.3) is 0 Å². The van der Waals surface area contributed by atoms with Gasteiger partial charge in [0.25, 0.3) is 5.91 Å². The number of ether oxygens (including phenoxy) is 1. The fraction of sp³-hybridized carbons (Fsp3) is 0.429. The van der Waals surface area contributed by atoms with Crippen molar-refractivity contribution in [3.8, 4) is 5.75 Å². The van der Waals surface area contributed by atoms with Crippen molar-refractivity contribution in [3.05, 3.63) is 29.3 Å². The summed E-state index contributed by atoms with van der Waals surface area (Å²) in [6.45, 7) is 2.30. The van der Waals surface area contributed by atoms with Gasteiger partial charge >= 0.3 is 0 Å². The van der Waals surface area contributed by atoms with Crippen LogP contribution in [-0.2, 0) is 9.59 Å². The Balaban J connectivity index is 1.90. The number of hydrogen-bond acceptors (Lipinski definition) is 3. The van der Waals surface area contributed by atoms with Crippen molar-refractivity contribution in [2.45, 2.75) is 31.9 Å². The van der Waals surface area contributed by atoms with E-state index in [0.717, 1.165) is 6.42 Å². The van der Waals surface area contributed by atoms with Gasteiger partial charge in [0, 0.05) is 11.6 Å². The number of carbonyl (C=O) groups excluding carboxylic acids is 2. The minimum atomic E-state index is -0.691. The predicted octanol–water partition coefficient (Wildman–Crippen LogP) is 1.50. The highest BCUT2D eigenvalue weighted by Gasteiger charge is 2.26. The van der Waals surface area contributed by atoms with E-state index in [0.29, 0.717) is 23.7 Å². The van der Waals surface area contributed by atoms with E-state index >= 15 is 0 Å². The predicted molar refractivity (Wildman–Crippen MR) is 75.7 cm³/mol. The highest BCUT2D eigenvalue weighted by atomic mass is 35.5. The quantitative estimate of drug-likeness (QED) is 0.885. The number of benzene rings is 1. The average Bonchev–Trinajstić information content (AvgIpc) is 2.41. The maximum Gasteiger partial charge on any atom is 0.261 e. The average molecular weight is 297 g/mol. The SMILES string of the molecule is C[C@H](Oc1cccc(Cl)c1)C(=O)N[C@H]1CCCNC1=O. The monoisotopic (exact) mass is 296 g/mol. The molecular weight excluding hydrogens is 280 g/mol. The van der Waals surface area contributed by atoms with Gasteiger partial charge in [-0.2, -0.15) is 0 Å². The number of halogens is 1. The second-order valence-corrected chi connectivity index (χ2v) is 5.15. The highest BCUT2D eigenvalue weighted by Crippen LogP contribution is 2.18. The van der Waals surface area contributed by atoms with Crippen LogP contribution >= 0.6 is 11.6 Å². The number of hydrogen-bond donors (Lipinski definition) is 2. The fourth-order valence-electron chi connectivity index (χ4n) is 2.00. The highest BCUT2D eigenvalue weighted by molar-refractivity contribution is 6.30. The molecule has 1 aromatic rings. The summed E-state index contributed by atoms with van der Waals surface area (Å²) >= 11 is 5.85. The summed E-state index contributed by atoms with van der Waals surface area (Å²) < 4.78 is 5.51. The van der Waals surface area contributed by atoms with Gasteiger partial charge in [-0.05, 0) is 38.0 Å². The van der Waals surface area contributed by atoms with Gasteiger partial charge in [-0.15, -0.1) is 0 Å². The molecule has 0 aliphatic carbocycles. The molecule has 108 valence electrons. The topological polar surface area (TPSA) is 67.4 Å². The third kappa shape index (κ3) is 3.87. The van der Waals surface area contributed by atoms with Crippen LogP contribution in [0.4, 0.5) is 0 Å². The molecule has 0 bridgehead atoms. The molecule has 0 spiro atoms. The summed E-state index contributed by atoms with van der Waals surface area (Å²) in [6, 6.07) is 6.37. The Hall–Kier alpha value is -1.75. The lowest BCUT2D eigenvalue weighted by atomic mass is 10.1. The lowest BCUT2D eigenvalue weighted by molar-refractivity contribution is -0.133. The van der Waals surface area contributed by atoms with Crippen molar-refractivity contribution >= 4 is 23.4 Å². The molecule has 1 aliphatic rings. The van der Waals surface area contributed by atoms with Gasteiger partial charge < -0.3 is 15.4 Å². The van der Waals surface area contributed by atoms with E-state index in [-0.39, 0.29) is 11.8 Å². The van der Waals surface area contributed by atoms with Crippen molar-refractivity contribution in [1.82, 2.24) is 10.6 Å². The summed E-state index contributed by atoms with van der Waals surface area (Å²) in [6.07, 6.45) is 0.824. The normalized spacial score (nSPS) is 19.9. The summed E-state index contributed by atoms with van der Waals surface area (Å²) in [5.74, 6) is 0.0693. The number of carbonyl (C=O) groups is 2. The molecule has 5 nitrogen and oxygen atoms in total. The zero-order valence-corrected chi connectivity index (χ0v) is 11.9. The van der Waals surface area contributed by atoms with E-state index in [1.807, 2.05) is 0 Å². The molecule has 1 heterocycles. The molecule has 0 saturated carbocycles. The van der Waals surface area contributed by atoms with Gasteiger partial charge in [-0.25, -0.2) is 0 Å². The third-order valence-electron chi connectivity index (χ3n) is 3.08. The molecule has 1 aromatic carbocycles. The molecule has 20 heavy (non-hydrogen) atoms. The van der Waals surface area contributed by atoms with E-state index in [1.165, 1.54) is 0 Å². The first-order chi connectivity index (χ1) is 9.56. The Kier molecular flexibility index (Phi) is 4.84. The first kappa shape index (κ1) is 14.7. The molecule has 0 aromatic heterocycles. The number of piperidine rings is 1. The largest absolute Gasteiger partial charge is 0.481 e. The van der Waals surface area contributed by atoms with E-state index in [1.54, 1.807) is 31.2 Å². The van der Waals surface area contributed by atoms with Gasteiger partial charge in [0.05, 0.1) is 0 Å². The molecular formula is C14H17ClN2O3. The molecule has 2 amide bonds. The molecule has 0 radical (unpaired) electrons. The maximum absolute atomic E-state index is 12.0. The van der Waals surface area contributed by atoms with E-state index < -0.39 is 12.1 Å². The van der Waals surface area contributed by atoms with Crippen LogP contribution in [0.15, 0.2) is 24.3 Å². The van der Waals surface area contributed by atoms with Crippen LogP contribution in [0.1, 0.15) is 19.8 Å². The number of rotatable bonds is 4. The van der Waals surface area contributed by atoms with E-state index in [4.69, 9.17) is 16.3 Å². The Morgan fingerprint density at radius 1 is 1.55 bits per heavy atom. The zero-order chi connectivity index (χ0) is 14.5. The van der Waals surface area contributed by atoms with Crippen LogP contribution in [-0.4, -0.2) is 30.5 Å². The van der Waals surface area contributed by atoms with E-state index in [9.17, 15) is 9.59 Å². The van der Waals surface area contributed by atoms with Crippen LogP contribution in [0.3, 0.4) is 0 Å². The second kappa shape index (κ2) is 6.61. The lowest BCUT2D eigenvalue weighted by Gasteiger charge is -2.24. The minimum absolute atomic E-state index is 0.139. The minimum Gasteiger partial charge on any atom is -0.481 e. The van der Waals surface area contributed by atoms with Crippen LogP contribution in [0.5, 0.6) is 5.75 Å². The molecule has 2 rings (SSSR count). The zero-order valence-electron chi connectivity index (χ0n) is 11.2. The van der Waals surface area contributed by atoms with Crippen molar-refractivity contribution in [3.63, 3.8) is 0 Å². The first-order valence-electron chi connectivity index (χ1n) is 6.56. The Labute approximate surface area is 122 Å². The Morgan fingerprint density at radius 3 is 3.05 bits per heavy atom. The third-order valence-corrected chi connectivity index (χ3v) is 3.32. The molecule has 6 heteroatoms. The van der Waals surface area contributed by atoms with Crippen molar-refractivity contribution in [2.75, 3.05) is 6.54 Å². The summed E-state index contributed by atoms with van der Waals surface area (Å²) in [4.78, 5) is 23.6. The van der Waals surface area contributed by atoms with Crippen LogP contribution in [0, 0.1) is 0 Å². The standard InChI is InChI=1S/C14H17ClN2O3/c1-9(20-11-5-2-4-10(15)8-11)13(18)17-12-6-3-7-16-14(12)19/h2,4-5,8-9,12H,3,6-7H2,1H3,(H,16,19)(H,17,18)/t9-,12-/m0/s1. The maximum atomic E-state index is 12.0. The van der Waals surface area contributed by atoms with Gasteiger partial charge in [-0.3, -0.25) is 9.59 Å². The Morgan fingerprint density at radius 2 is 2.35 bits per heavy atom. The molecule has 2 N–H and O–H groups in total. The van der Waals surface area contributed by atoms with E-state index in [2.05, 4.69) is 10.6 Å². The lowest BCUT2D eigenvalue weighted by Crippen LogP contribution is -2.52. The number of amides is 2. The van der Waals surface area contributed by atoms with Gasteiger partial charge in [0.2, 0.25) is 5.91 Å². The van der Waals surface area contributed by atoms with Crippen molar-refractivity contribution in [1.29, 1.82) is 0 Å². The molecule has 2 atom stereocenters. The summed E-state index contributed by atoms with van der Waals surface area (Å²) in [5.41, 5.74) is 0. The van der Waals surface area contributed by atoms with Gasteiger partial charge in [-0.1, -0.05) is 17.7 Å². The first-order valence-corrected chi connectivity index (χ1v) is 6.94. The smallest absolute Gasteiger partial charge is 0.261 e. The molecule has 1 fully saturated rings. The summed E-state index contributed by atoms with van der Waals surface area (Å²) in [5, 5.41) is 5.96. The molecule has 1 aliphatic heterocycles. The van der Waals surface area contributed by atoms with Gasteiger partial charge in [0.15, 0.2) is 6.10 Å². The fourth-order valence-corrected chi connectivity index (χ4v) is 2.18. The van der Waals surface area contributed by atoms with Crippen LogP contribution < -0.4 is 15.4 Å². The van der Waals surface area contributed by atoms with Gasteiger partial charge in [0.1, 0.15) is 11.8 Å². The second-order valence-electron chi connectivity index (χ2n) is 4.71. The molecule has 0 unspecified atom stereocenters. The number of nitrogens with one attached hydrogen (secondary N) is 2. The Bertz CT molecular complexity index is 507. The summed E-state index contributed by atoms with van der Waals surface area (Å²) in [7, 11) is 0. The van der Waals surface area contributed by atoms with Crippen molar-refractivity contribution < 1.29 is 14.3 Å².